The maximum Gasteiger partial charge on any atom is 0.199 e. The number of hydrogen-bond donors (Lipinski definition) is 1. The Balaban J connectivity index is 0.00000306. The number of benzene rings is 2. The number of anilines is 1. The second kappa shape index (κ2) is 11.2. The predicted octanol–water partition coefficient (Wildman–Crippen LogP) is 3.23. The molecule has 4 rings (SSSR count). The maximum absolute atomic E-state index is 12.7. The number of aryl methyl sites for hydroxylation is 2. The van der Waals surface area contributed by atoms with Gasteiger partial charge in [0.2, 0.25) is 0 Å². The number of aromatic nitrogens is 2. The van der Waals surface area contributed by atoms with Crippen LogP contribution >= 0.6 is 22.9 Å². The summed E-state index contributed by atoms with van der Waals surface area (Å²) in [5.74, 6) is -0.0594. The Morgan fingerprint density at radius 3 is 2.55 bits per heavy atom. The smallest absolute Gasteiger partial charge is 0.199 e. The van der Waals surface area contributed by atoms with Gasteiger partial charge in [-0.3, -0.25) is 4.79 Å². The SMILES string of the molecule is Cc1ccc(N/C=C/C(=O)c2sc(-c3ccc[n+](Cc4ccc(Cl)cc4)c3)nc2C)cc1.[Cl-]. The lowest BCUT2D eigenvalue weighted by atomic mass is 10.2. The lowest BCUT2D eigenvalue weighted by Gasteiger charge is -2.00. The Hall–Kier alpha value is -2.99. The van der Waals surface area contributed by atoms with Crippen LogP contribution in [0.4, 0.5) is 5.69 Å². The number of allylic oxidation sites excluding steroid dienone is 1. The van der Waals surface area contributed by atoms with E-state index in [-0.39, 0.29) is 18.2 Å². The van der Waals surface area contributed by atoms with Gasteiger partial charge in [-0.1, -0.05) is 41.4 Å². The summed E-state index contributed by atoms with van der Waals surface area (Å²) in [6.07, 6.45) is 7.30. The molecule has 0 aliphatic rings. The molecule has 0 aliphatic heterocycles. The van der Waals surface area contributed by atoms with Gasteiger partial charge in [-0.15, -0.1) is 11.3 Å². The Labute approximate surface area is 209 Å². The molecular formula is C26H23Cl2N3OS. The number of halogens is 2. The van der Waals surface area contributed by atoms with Crippen LogP contribution in [0, 0.1) is 13.8 Å². The number of hydrogen-bond acceptors (Lipinski definition) is 4. The van der Waals surface area contributed by atoms with Gasteiger partial charge in [-0.05, 0) is 44.2 Å². The molecule has 4 nitrogen and oxygen atoms in total. The van der Waals surface area contributed by atoms with Crippen LogP contribution in [0.3, 0.4) is 0 Å². The minimum Gasteiger partial charge on any atom is -1.00 e. The highest BCUT2D eigenvalue weighted by molar-refractivity contribution is 7.17. The van der Waals surface area contributed by atoms with Gasteiger partial charge < -0.3 is 17.7 Å². The largest absolute Gasteiger partial charge is 1.00 e. The molecule has 1 N–H and O–H groups in total. The molecule has 0 amide bonds. The molecule has 0 unspecified atom stereocenters. The van der Waals surface area contributed by atoms with E-state index < -0.39 is 0 Å². The third-order valence-electron chi connectivity index (χ3n) is 4.94. The number of carbonyl (C=O) groups is 1. The molecule has 4 aromatic rings. The van der Waals surface area contributed by atoms with Crippen molar-refractivity contribution in [3.05, 3.63) is 112 Å². The third-order valence-corrected chi connectivity index (χ3v) is 6.41. The molecule has 2 aromatic heterocycles. The zero-order chi connectivity index (χ0) is 22.5. The highest BCUT2D eigenvalue weighted by atomic mass is 35.5. The van der Waals surface area contributed by atoms with E-state index >= 15 is 0 Å². The number of nitrogens with zero attached hydrogens (tertiary/aromatic N) is 2. The summed E-state index contributed by atoms with van der Waals surface area (Å²) < 4.78 is 2.10. The van der Waals surface area contributed by atoms with Crippen molar-refractivity contribution in [3.8, 4) is 10.6 Å². The molecule has 7 heteroatoms. The fourth-order valence-electron chi connectivity index (χ4n) is 3.24. The standard InChI is InChI=1S/C26H22ClN3OS.ClH/c1-18-5-11-23(12-6-18)28-14-13-24(31)25-19(2)29-26(32-25)21-4-3-15-30(17-21)16-20-7-9-22(27)10-8-20;/h3-15,17H,16H2,1-2H3;1H. The molecule has 0 bridgehead atoms. The number of carbonyl (C=O) groups excluding carboxylic acids is 1. The predicted molar refractivity (Wildman–Crippen MR) is 131 cm³/mol. The summed E-state index contributed by atoms with van der Waals surface area (Å²) in [6, 6.07) is 19.8. The Morgan fingerprint density at radius 2 is 1.82 bits per heavy atom. The van der Waals surface area contributed by atoms with Crippen LogP contribution in [-0.4, -0.2) is 10.8 Å². The highest BCUT2D eigenvalue weighted by Gasteiger charge is 2.16. The molecule has 33 heavy (non-hydrogen) atoms. The first-order valence-corrected chi connectivity index (χ1v) is 11.4. The van der Waals surface area contributed by atoms with Gasteiger partial charge in [-0.2, -0.15) is 0 Å². The topological polar surface area (TPSA) is 45.9 Å². The molecular weight excluding hydrogens is 473 g/mol. The van der Waals surface area contributed by atoms with E-state index in [0.29, 0.717) is 4.88 Å². The van der Waals surface area contributed by atoms with Crippen molar-refractivity contribution in [1.82, 2.24) is 4.98 Å². The first kappa shape index (κ1) is 24.6. The van der Waals surface area contributed by atoms with Gasteiger partial charge in [0.1, 0.15) is 5.01 Å². The van der Waals surface area contributed by atoms with Gasteiger partial charge in [0.25, 0.3) is 0 Å². The van der Waals surface area contributed by atoms with Crippen LogP contribution < -0.4 is 22.3 Å². The molecule has 2 heterocycles. The van der Waals surface area contributed by atoms with E-state index in [4.69, 9.17) is 11.6 Å². The molecule has 0 atom stereocenters. The number of nitrogens with one attached hydrogen (secondary N) is 1. The lowest BCUT2D eigenvalue weighted by Crippen LogP contribution is -3.00. The van der Waals surface area contributed by atoms with Crippen LogP contribution in [-0.2, 0) is 6.54 Å². The normalized spacial score (nSPS) is 10.8. The summed E-state index contributed by atoms with van der Waals surface area (Å²) in [5.41, 5.74) is 5.02. The van der Waals surface area contributed by atoms with Crippen molar-refractivity contribution >= 4 is 34.4 Å². The van der Waals surface area contributed by atoms with Crippen LogP contribution in [0.25, 0.3) is 10.6 Å². The first-order chi connectivity index (χ1) is 15.5. The molecule has 0 saturated carbocycles. The zero-order valence-corrected chi connectivity index (χ0v) is 20.6. The van der Waals surface area contributed by atoms with Crippen LogP contribution in [0.2, 0.25) is 5.02 Å². The summed E-state index contributed by atoms with van der Waals surface area (Å²) in [5, 5.41) is 4.69. The van der Waals surface area contributed by atoms with Gasteiger partial charge in [-0.25, -0.2) is 9.55 Å². The molecule has 0 fully saturated rings. The van der Waals surface area contributed by atoms with Crippen LogP contribution in [0.1, 0.15) is 26.5 Å². The van der Waals surface area contributed by atoms with Gasteiger partial charge in [0.15, 0.2) is 24.7 Å². The van der Waals surface area contributed by atoms with Crippen LogP contribution in [0.5, 0.6) is 0 Å². The maximum atomic E-state index is 12.7. The average molecular weight is 496 g/mol. The molecule has 168 valence electrons. The average Bonchev–Trinajstić information content (AvgIpc) is 3.19. The number of pyridine rings is 1. The van der Waals surface area contributed by atoms with E-state index in [1.165, 1.54) is 16.9 Å². The van der Waals surface area contributed by atoms with Crippen LogP contribution in [0.15, 0.2) is 85.3 Å². The van der Waals surface area contributed by atoms with E-state index in [0.717, 1.165) is 39.1 Å². The fourth-order valence-corrected chi connectivity index (χ4v) is 4.34. The van der Waals surface area contributed by atoms with Crippen molar-refractivity contribution in [2.75, 3.05) is 5.32 Å². The molecule has 2 aromatic carbocycles. The zero-order valence-electron chi connectivity index (χ0n) is 18.3. The molecule has 0 aliphatic carbocycles. The minimum atomic E-state index is -0.0594. The van der Waals surface area contributed by atoms with Crippen molar-refractivity contribution in [3.63, 3.8) is 0 Å². The molecule has 0 radical (unpaired) electrons. The van der Waals surface area contributed by atoms with Crippen molar-refractivity contribution < 1.29 is 21.8 Å². The first-order valence-electron chi connectivity index (χ1n) is 10.2. The van der Waals surface area contributed by atoms with E-state index in [1.54, 1.807) is 12.3 Å². The van der Waals surface area contributed by atoms with Crippen molar-refractivity contribution in [2.24, 2.45) is 0 Å². The number of thiazole rings is 1. The molecule has 0 saturated heterocycles. The van der Waals surface area contributed by atoms with Gasteiger partial charge in [0.05, 0.1) is 16.1 Å². The van der Waals surface area contributed by atoms with E-state index in [9.17, 15) is 4.79 Å². The Kier molecular flexibility index (Phi) is 8.39. The lowest BCUT2D eigenvalue weighted by molar-refractivity contribution is -0.687. The third kappa shape index (κ3) is 6.51. The quantitative estimate of drug-likeness (QED) is 0.243. The van der Waals surface area contributed by atoms with Crippen molar-refractivity contribution in [2.45, 2.75) is 20.4 Å². The second-order valence-electron chi connectivity index (χ2n) is 7.53. The summed E-state index contributed by atoms with van der Waals surface area (Å²) >= 11 is 7.40. The van der Waals surface area contributed by atoms with E-state index in [2.05, 4.69) is 21.1 Å². The van der Waals surface area contributed by atoms with Gasteiger partial charge >= 0.3 is 0 Å². The van der Waals surface area contributed by atoms with E-state index in [1.807, 2.05) is 80.7 Å². The number of rotatable bonds is 7. The Morgan fingerprint density at radius 1 is 1.09 bits per heavy atom. The second-order valence-corrected chi connectivity index (χ2v) is 8.97. The van der Waals surface area contributed by atoms with Crippen molar-refractivity contribution in [1.29, 1.82) is 0 Å². The molecule has 0 spiro atoms. The summed E-state index contributed by atoms with van der Waals surface area (Å²) in [6.45, 7) is 4.65. The monoisotopic (exact) mass is 495 g/mol. The fraction of sp³-hybridized carbons (Fsp3) is 0.115. The Bertz CT molecular complexity index is 1270. The highest BCUT2D eigenvalue weighted by Crippen LogP contribution is 2.27. The minimum absolute atomic E-state index is 0. The summed E-state index contributed by atoms with van der Waals surface area (Å²) in [7, 11) is 0. The summed E-state index contributed by atoms with van der Waals surface area (Å²) in [4.78, 5) is 18.0. The number of ketones is 1. The van der Waals surface area contributed by atoms with Gasteiger partial charge in [0, 0.05) is 34.6 Å².